The largest absolute Gasteiger partial charge is 0.381 e. The van der Waals surface area contributed by atoms with E-state index in [0.717, 1.165) is 18.4 Å². The molecule has 1 fully saturated rings. The number of anilines is 1. The number of nitrogens with one attached hydrogen (secondary N) is 1. The Morgan fingerprint density at radius 1 is 1.28 bits per heavy atom. The van der Waals surface area contributed by atoms with E-state index in [-0.39, 0.29) is 16.7 Å². The molecule has 2 aromatic rings. The van der Waals surface area contributed by atoms with Gasteiger partial charge in [-0.15, -0.1) is 0 Å². The molecule has 0 radical (unpaired) electrons. The molecule has 0 bridgehead atoms. The molecule has 0 unspecified atom stereocenters. The fraction of sp³-hybridized carbons (Fsp3) is 0.429. The van der Waals surface area contributed by atoms with Gasteiger partial charge in [0.25, 0.3) is 0 Å². The molecular formula is C21H27N3O4S. The van der Waals surface area contributed by atoms with Gasteiger partial charge >= 0.3 is 0 Å². The fourth-order valence-electron chi connectivity index (χ4n) is 3.67. The number of aryl methyl sites for hydroxylation is 1. The summed E-state index contributed by atoms with van der Waals surface area (Å²) < 4.78 is 30.1. The number of hydrogen-bond acceptors (Lipinski definition) is 5. The van der Waals surface area contributed by atoms with Crippen LogP contribution in [0.3, 0.4) is 0 Å². The van der Waals surface area contributed by atoms with Crippen LogP contribution in [0.25, 0.3) is 0 Å². The number of nitrogens with two attached hydrogens (primary N) is 1. The maximum Gasteiger partial charge on any atom is 0.238 e. The summed E-state index contributed by atoms with van der Waals surface area (Å²) in [6.45, 7) is 3.24. The van der Waals surface area contributed by atoms with Crippen LogP contribution >= 0.6 is 0 Å². The molecular weight excluding hydrogens is 390 g/mol. The van der Waals surface area contributed by atoms with Crippen LogP contribution in [0.1, 0.15) is 43.2 Å². The molecule has 2 heterocycles. The van der Waals surface area contributed by atoms with Gasteiger partial charge in [-0.1, -0.05) is 25.1 Å². The highest BCUT2D eigenvalue weighted by molar-refractivity contribution is 7.89. The number of aromatic nitrogens is 1. The van der Waals surface area contributed by atoms with E-state index < -0.39 is 15.9 Å². The summed E-state index contributed by atoms with van der Waals surface area (Å²) in [5.41, 5.74) is 1.29. The van der Waals surface area contributed by atoms with Gasteiger partial charge in [0.15, 0.2) is 0 Å². The molecule has 3 rings (SSSR count). The number of pyridine rings is 1. The van der Waals surface area contributed by atoms with E-state index in [1.54, 1.807) is 36.5 Å². The van der Waals surface area contributed by atoms with E-state index >= 15 is 0 Å². The van der Waals surface area contributed by atoms with Crippen LogP contribution in [0.4, 0.5) is 5.82 Å². The van der Waals surface area contributed by atoms with Crippen LogP contribution < -0.4 is 10.5 Å². The third-order valence-corrected chi connectivity index (χ3v) is 6.28. The van der Waals surface area contributed by atoms with Crippen molar-refractivity contribution in [1.29, 1.82) is 0 Å². The molecule has 7 nitrogen and oxygen atoms in total. The molecule has 1 amide bonds. The summed E-state index contributed by atoms with van der Waals surface area (Å²) in [5.74, 6) is -0.247. The number of amides is 1. The molecule has 1 aliphatic rings. The first-order valence-electron chi connectivity index (χ1n) is 9.83. The smallest absolute Gasteiger partial charge is 0.238 e. The Labute approximate surface area is 171 Å². The van der Waals surface area contributed by atoms with Crippen molar-refractivity contribution in [3.63, 3.8) is 0 Å². The Morgan fingerprint density at radius 2 is 2.03 bits per heavy atom. The number of nitrogens with zero attached hydrogens (tertiary/aromatic N) is 1. The van der Waals surface area contributed by atoms with Crippen molar-refractivity contribution in [3.05, 3.63) is 53.7 Å². The van der Waals surface area contributed by atoms with Crippen molar-refractivity contribution >= 4 is 21.7 Å². The van der Waals surface area contributed by atoms with Crippen LogP contribution in [0.15, 0.2) is 47.5 Å². The number of carbonyl (C=O) groups excluding carboxylic acids is 1. The molecule has 156 valence electrons. The summed E-state index contributed by atoms with van der Waals surface area (Å²) >= 11 is 0. The van der Waals surface area contributed by atoms with Crippen LogP contribution in [-0.2, 0) is 26.0 Å². The molecule has 0 spiro atoms. The molecule has 8 heteroatoms. The van der Waals surface area contributed by atoms with E-state index in [9.17, 15) is 13.2 Å². The Bertz CT molecular complexity index is 942. The first kappa shape index (κ1) is 21.4. The number of ether oxygens (including phenoxy) is 1. The Hall–Kier alpha value is -2.29. The summed E-state index contributed by atoms with van der Waals surface area (Å²) in [5, 5.41) is 8.33. The quantitative estimate of drug-likeness (QED) is 0.719. The normalized spacial score (nSPS) is 16.3. The lowest BCUT2D eigenvalue weighted by Crippen LogP contribution is -2.28. The number of rotatable bonds is 7. The molecule has 1 aromatic heterocycles. The molecule has 1 saturated heterocycles. The molecule has 0 aliphatic carbocycles. The van der Waals surface area contributed by atoms with Crippen LogP contribution in [0, 0.1) is 5.92 Å². The highest BCUT2D eigenvalue weighted by atomic mass is 32.2. The van der Waals surface area contributed by atoms with E-state index in [1.165, 1.54) is 0 Å². The third kappa shape index (κ3) is 5.62. The van der Waals surface area contributed by atoms with Crippen LogP contribution in [-0.4, -0.2) is 32.5 Å². The van der Waals surface area contributed by atoms with Gasteiger partial charge < -0.3 is 10.1 Å². The predicted octanol–water partition coefficient (Wildman–Crippen LogP) is 2.83. The minimum atomic E-state index is -3.98. The summed E-state index contributed by atoms with van der Waals surface area (Å²) in [6, 6.07) is 10.4. The second kappa shape index (κ2) is 9.47. The van der Waals surface area contributed by atoms with Gasteiger partial charge in [-0.2, -0.15) is 0 Å². The van der Waals surface area contributed by atoms with Crippen LogP contribution in [0.2, 0.25) is 0 Å². The average molecular weight is 418 g/mol. The number of sulfonamides is 1. The van der Waals surface area contributed by atoms with Gasteiger partial charge in [0.1, 0.15) is 5.82 Å². The van der Waals surface area contributed by atoms with Crippen molar-refractivity contribution in [3.8, 4) is 0 Å². The minimum absolute atomic E-state index is 0.0186. The lowest BCUT2D eigenvalue weighted by Gasteiger charge is -2.27. The summed E-state index contributed by atoms with van der Waals surface area (Å²) in [7, 11) is -3.98. The maximum atomic E-state index is 13.2. The lowest BCUT2D eigenvalue weighted by atomic mass is 9.84. The third-order valence-electron chi connectivity index (χ3n) is 5.31. The first-order valence-corrected chi connectivity index (χ1v) is 11.4. The highest BCUT2D eigenvalue weighted by Gasteiger charge is 2.30. The summed E-state index contributed by atoms with van der Waals surface area (Å²) in [4.78, 5) is 17.4. The van der Waals surface area contributed by atoms with Crippen molar-refractivity contribution in [2.24, 2.45) is 11.1 Å². The zero-order chi connectivity index (χ0) is 20.9. The minimum Gasteiger partial charge on any atom is -0.381 e. The van der Waals surface area contributed by atoms with Crippen LogP contribution in [0.5, 0.6) is 0 Å². The number of carbonyl (C=O) groups is 1. The highest BCUT2D eigenvalue weighted by Crippen LogP contribution is 2.34. The topological polar surface area (TPSA) is 111 Å². The number of primary sulfonamides is 1. The average Bonchev–Trinajstić information content (AvgIpc) is 2.72. The van der Waals surface area contributed by atoms with Gasteiger partial charge in [-0.3, -0.25) is 4.79 Å². The van der Waals surface area contributed by atoms with Crippen molar-refractivity contribution in [2.75, 3.05) is 18.5 Å². The zero-order valence-corrected chi connectivity index (χ0v) is 17.3. The van der Waals surface area contributed by atoms with E-state index in [0.29, 0.717) is 37.4 Å². The molecule has 29 heavy (non-hydrogen) atoms. The maximum absolute atomic E-state index is 13.2. The van der Waals surface area contributed by atoms with Gasteiger partial charge in [0.05, 0.1) is 10.8 Å². The van der Waals surface area contributed by atoms with Crippen molar-refractivity contribution in [1.82, 2.24) is 4.98 Å². The molecule has 3 N–H and O–H groups in total. The number of hydrogen-bond donors (Lipinski definition) is 2. The van der Waals surface area contributed by atoms with Gasteiger partial charge in [-0.05, 0) is 60.9 Å². The fourth-order valence-corrected chi connectivity index (χ4v) is 4.53. The molecule has 1 aromatic carbocycles. The standard InChI is InChI=1S/C21H27N3O4S/c1-2-15-6-7-17(19(14-15)29(22,26)27)18(13-16-8-11-28-12-9-16)21(25)24-20-5-3-4-10-23-20/h3-7,10,14,16,18H,2,8-9,11-13H2,1H3,(H2,22,26,27)(H,23,24,25)/t18-/m1/s1. The van der Waals surface area contributed by atoms with Gasteiger partial charge in [-0.25, -0.2) is 18.5 Å². The Balaban J connectivity index is 1.99. The van der Waals surface area contributed by atoms with Gasteiger partial charge in [0, 0.05) is 19.4 Å². The Morgan fingerprint density at radius 3 is 2.66 bits per heavy atom. The molecule has 0 saturated carbocycles. The van der Waals surface area contributed by atoms with Crippen molar-refractivity contribution in [2.45, 2.75) is 43.4 Å². The SMILES string of the molecule is CCc1ccc([C@@H](CC2CCOCC2)C(=O)Nc2ccccn2)c(S(N)(=O)=O)c1. The second-order valence-corrected chi connectivity index (χ2v) is 8.85. The summed E-state index contributed by atoms with van der Waals surface area (Å²) in [6.07, 6.45) is 4.47. The second-order valence-electron chi connectivity index (χ2n) is 7.32. The van der Waals surface area contributed by atoms with Crippen molar-refractivity contribution < 1.29 is 17.9 Å². The van der Waals surface area contributed by atoms with E-state index in [2.05, 4.69) is 10.3 Å². The Kier molecular flexibility index (Phi) is 7.00. The van der Waals surface area contributed by atoms with E-state index in [1.807, 2.05) is 13.0 Å². The molecule has 1 atom stereocenters. The molecule has 1 aliphatic heterocycles. The van der Waals surface area contributed by atoms with Gasteiger partial charge in [0.2, 0.25) is 15.9 Å². The predicted molar refractivity (Wildman–Crippen MR) is 111 cm³/mol. The first-order chi connectivity index (χ1) is 13.9. The monoisotopic (exact) mass is 417 g/mol. The van der Waals surface area contributed by atoms with E-state index in [4.69, 9.17) is 9.88 Å². The number of benzene rings is 1. The zero-order valence-electron chi connectivity index (χ0n) is 16.5. The lowest BCUT2D eigenvalue weighted by molar-refractivity contribution is -0.118.